The summed E-state index contributed by atoms with van der Waals surface area (Å²) in [5.41, 5.74) is 1.72. The molecule has 134 valence electrons. The number of aromatic nitrogens is 3. The third-order valence-electron chi connectivity index (χ3n) is 4.34. The minimum Gasteiger partial charge on any atom is -0.444 e. The summed E-state index contributed by atoms with van der Waals surface area (Å²) in [5, 5.41) is 4.47. The number of rotatable bonds is 3. The summed E-state index contributed by atoms with van der Waals surface area (Å²) in [6, 6.07) is 3.97. The molecule has 3 rings (SSSR count). The molecule has 0 aliphatic carbocycles. The van der Waals surface area contributed by atoms with Crippen molar-refractivity contribution < 1.29 is 9.53 Å². The summed E-state index contributed by atoms with van der Waals surface area (Å²) in [6.07, 6.45) is 9.31. The lowest BCUT2D eigenvalue weighted by molar-refractivity contribution is 0.0177. The van der Waals surface area contributed by atoms with Crippen molar-refractivity contribution in [3.8, 4) is 11.1 Å². The Morgan fingerprint density at radius 2 is 2.00 bits per heavy atom. The van der Waals surface area contributed by atoms with Gasteiger partial charge in [0.15, 0.2) is 0 Å². The van der Waals surface area contributed by atoms with E-state index in [4.69, 9.17) is 4.74 Å². The summed E-state index contributed by atoms with van der Waals surface area (Å²) in [7, 11) is 0. The topological polar surface area (TPSA) is 60.2 Å². The maximum Gasteiger partial charge on any atom is 0.410 e. The van der Waals surface area contributed by atoms with Crippen molar-refractivity contribution in [2.75, 3.05) is 13.1 Å². The van der Waals surface area contributed by atoms with Gasteiger partial charge in [-0.05, 0) is 45.6 Å². The van der Waals surface area contributed by atoms with Crippen molar-refractivity contribution in [3.05, 3.63) is 36.9 Å². The van der Waals surface area contributed by atoms with E-state index >= 15 is 0 Å². The van der Waals surface area contributed by atoms with Crippen LogP contribution in [0.25, 0.3) is 11.1 Å². The Bertz CT molecular complexity index is 698. The van der Waals surface area contributed by atoms with Crippen molar-refractivity contribution in [3.63, 3.8) is 0 Å². The van der Waals surface area contributed by atoms with Gasteiger partial charge in [-0.1, -0.05) is 6.07 Å². The molecule has 2 aromatic heterocycles. The molecule has 0 aromatic carbocycles. The quantitative estimate of drug-likeness (QED) is 0.855. The molecule has 1 amide bonds. The predicted molar refractivity (Wildman–Crippen MR) is 96.0 cm³/mol. The molecule has 6 heteroatoms. The van der Waals surface area contributed by atoms with Crippen LogP contribution in [0, 0.1) is 5.92 Å². The maximum absolute atomic E-state index is 12.1. The monoisotopic (exact) mass is 342 g/mol. The van der Waals surface area contributed by atoms with Gasteiger partial charge < -0.3 is 9.64 Å². The predicted octanol–water partition coefficient (Wildman–Crippen LogP) is 3.59. The number of hydrogen-bond acceptors (Lipinski definition) is 4. The van der Waals surface area contributed by atoms with Crippen LogP contribution >= 0.6 is 0 Å². The number of pyridine rings is 1. The third-order valence-corrected chi connectivity index (χ3v) is 4.34. The number of hydrogen-bond donors (Lipinski definition) is 0. The zero-order valence-corrected chi connectivity index (χ0v) is 15.2. The maximum atomic E-state index is 12.1. The normalized spacial score (nSPS) is 16.0. The van der Waals surface area contributed by atoms with Gasteiger partial charge in [-0.15, -0.1) is 0 Å². The van der Waals surface area contributed by atoms with Crippen molar-refractivity contribution in [2.45, 2.75) is 45.8 Å². The van der Waals surface area contributed by atoms with Crippen molar-refractivity contribution in [1.29, 1.82) is 0 Å². The summed E-state index contributed by atoms with van der Waals surface area (Å²) >= 11 is 0. The zero-order valence-electron chi connectivity index (χ0n) is 15.2. The Morgan fingerprint density at radius 1 is 1.24 bits per heavy atom. The van der Waals surface area contributed by atoms with Crippen molar-refractivity contribution >= 4 is 6.09 Å². The molecule has 1 aliphatic heterocycles. The minimum atomic E-state index is -0.439. The fraction of sp³-hybridized carbons (Fsp3) is 0.526. The fourth-order valence-electron chi connectivity index (χ4n) is 3.04. The van der Waals surface area contributed by atoms with E-state index in [1.807, 2.05) is 54.9 Å². The average Bonchev–Trinajstić information content (AvgIpc) is 3.03. The highest BCUT2D eigenvalue weighted by Crippen LogP contribution is 2.22. The molecule has 25 heavy (non-hydrogen) atoms. The molecule has 0 bridgehead atoms. The van der Waals surface area contributed by atoms with Gasteiger partial charge in [-0.25, -0.2) is 4.79 Å². The first-order valence-corrected chi connectivity index (χ1v) is 8.81. The third kappa shape index (κ3) is 4.81. The number of nitrogens with zero attached hydrogens (tertiary/aromatic N) is 4. The van der Waals surface area contributed by atoms with Crippen LogP contribution < -0.4 is 0 Å². The number of carbonyl (C=O) groups excluding carboxylic acids is 1. The summed E-state index contributed by atoms with van der Waals surface area (Å²) in [5.74, 6) is 0.528. The van der Waals surface area contributed by atoms with Crippen LogP contribution in [-0.2, 0) is 11.3 Å². The second-order valence-electron chi connectivity index (χ2n) is 7.60. The lowest BCUT2D eigenvalue weighted by Gasteiger charge is -2.33. The van der Waals surface area contributed by atoms with E-state index in [9.17, 15) is 4.79 Å². The summed E-state index contributed by atoms with van der Waals surface area (Å²) < 4.78 is 7.44. The number of piperidine rings is 1. The first-order valence-electron chi connectivity index (χ1n) is 8.81. The lowest BCUT2D eigenvalue weighted by Crippen LogP contribution is -2.42. The van der Waals surface area contributed by atoms with E-state index in [0.29, 0.717) is 5.92 Å². The molecule has 0 saturated carbocycles. The molecule has 1 saturated heterocycles. The zero-order chi connectivity index (χ0) is 17.9. The molecule has 3 heterocycles. The highest BCUT2D eigenvalue weighted by atomic mass is 16.6. The minimum absolute atomic E-state index is 0.205. The smallest absolute Gasteiger partial charge is 0.410 e. The fourth-order valence-corrected chi connectivity index (χ4v) is 3.04. The van der Waals surface area contributed by atoms with Crippen LogP contribution in [0.2, 0.25) is 0 Å². The largest absolute Gasteiger partial charge is 0.444 e. The second kappa shape index (κ2) is 7.25. The molecule has 0 atom stereocenters. The average molecular weight is 342 g/mol. The Kier molecular flexibility index (Phi) is 5.06. The van der Waals surface area contributed by atoms with Crippen molar-refractivity contribution in [2.24, 2.45) is 5.92 Å². The molecule has 6 nitrogen and oxygen atoms in total. The number of likely N-dealkylation sites (tertiary alicyclic amines) is 1. The van der Waals surface area contributed by atoms with Crippen molar-refractivity contribution in [1.82, 2.24) is 19.7 Å². The SMILES string of the molecule is CC(C)(C)OC(=O)N1CCC(Cn2cc(-c3cccnc3)cn2)CC1. The molecule has 0 unspecified atom stereocenters. The van der Waals surface area contributed by atoms with Gasteiger partial charge in [0.2, 0.25) is 0 Å². The highest BCUT2D eigenvalue weighted by Gasteiger charge is 2.27. The molecular formula is C19H26N4O2. The molecular weight excluding hydrogens is 316 g/mol. The Labute approximate surface area is 148 Å². The van der Waals surface area contributed by atoms with Crippen LogP contribution in [0.4, 0.5) is 4.79 Å². The first kappa shape index (κ1) is 17.5. The van der Waals surface area contributed by atoms with E-state index in [1.165, 1.54) is 0 Å². The Balaban J connectivity index is 1.51. The first-order chi connectivity index (χ1) is 11.9. The van der Waals surface area contributed by atoms with Crippen LogP contribution in [0.5, 0.6) is 0 Å². The molecule has 0 spiro atoms. The van der Waals surface area contributed by atoms with Gasteiger partial charge in [0, 0.05) is 49.4 Å². The van der Waals surface area contributed by atoms with E-state index < -0.39 is 5.60 Å². The van der Waals surface area contributed by atoms with Gasteiger partial charge in [-0.3, -0.25) is 9.67 Å². The van der Waals surface area contributed by atoms with E-state index in [2.05, 4.69) is 16.3 Å². The summed E-state index contributed by atoms with van der Waals surface area (Å²) in [6.45, 7) is 8.06. The van der Waals surface area contributed by atoms with E-state index in [1.54, 1.807) is 6.20 Å². The van der Waals surface area contributed by atoms with Gasteiger partial charge in [0.1, 0.15) is 5.60 Å². The van der Waals surface area contributed by atoms with E-state index in [0.717, 1.165) is 43.6 Å². The van der Waals surface area contributed by atoms with Crippen LogP contribution in [0.1, 0.15) is 33.6 Å². The number of amides is 1. The highest BCUT2D eigenvalue weighted by molar-refractivity contribution is 5.68. The Morgan fingerprint density at radius 3 is 2.64 bits per heavy atom. The molecule has 1 aliphatic rings. The molecule has 1 fully saturated rings. The standard InChI is InChI=1S/C19H26N4O2/c1-19(2,3)25-18(24)22-9-6-15(7-10-22)13-23-14-17(12-21-23)16-5-4-8-20-11-16/h4-5,8,11-12,14-15H,6-7,9-10,13H2,1-3H3. The molecule has 0 radical (unpaired) electrons. The molecule has 0 N–H and O–H groups in total. The van der Waals surface area contributed by atoms with E-state index in [-0.39, 0.29) is 6.09 Å². The second-order valence-corrected chi connectivity index (χ2v) is 7.60. The van der Waals surface area contributed by atoms with Gasteiger partial charge in [0.25, 0.3) is 0 Å². The number of ether oxygens (including phenoxy) is 1. The summed E-state index contributed by atoms with van der Waals surface area (Å²) in [4.78, 5) is 18.1. The van der Waals surface area contributed by atoms with Gasteiger partial charge in [-0.2, -0.15) is 5.10 Å². The molecule has 2 aromatic rings. The van der Waals surface area contributed by atoms with Gasteiger partial charge >= 0.3 is 6.09 Å². The lowest BCUT2D eigenvalue weighted by atomic mass is 9.97. The van der Waals surface area contributed by atoms with Crippen LogP contribution in [-0.4, -0.2) is 44.4 Å². The Hall–Kier alpha value is -2.37. The van der Waals surface area contributed by atoms with Crippen LogP contribution in [0.15, 0.2) is 36.9 Å². The van der Waals surface area contributed by atoms with Crippen LogP contribution in [0.3, 0.4) is 0 Å². The number of carbonyl (C=O) groups is 1. The van der Waals surface area contributed by atoms with Gasteiger partial charge in [0.05, 0.1) is 6.20 Å².